The number of aromatic nitrogens is 3. The molecule has 0 spiro atoms. The Hall–Kier alpha value is -1.68. The average molecular weight is 217 g/mol. The molecule has 0 saturated carbocycles. The third kappa shape index (κ3) is 1.97. The molecule has 0 saturated heterocycles. The van der Waals surface area contributed by atoms with E-state index in [9.17, 15) is 5.11 Å². The van der Waals surface area contributed by atoms with Gasteiger partial charge in [0.05, 0.1) is 6.10 Å². The summed E-state index contributed by atoms with van der Waals surface area (Å²) in [5.74, 6) is 1.82. The van der Waals surface area contributed by atoms with Crippen LogP contribution in [0.3, 0.4) is 0 Å². The van der Waals surface area contributed by atoms with Gasteiger partial charge >= 0.3 is 0 Å². The minimum atomic E-state index is -0.477. The summed E-state index contributed by atoms with van der Waals surface area (Å²) < 4.78 is 1.95. The fraction of sp³-hybridized carbons (Fsp3) is 0.333. The first kappa shape index (κ1) is 10.8. The standard InChI is InChI=1S/C12H15N3O/c1-3-11-13-6-7-15(11)12-5-4-10(8-14-12)9(2)16/h4-9,16H,3H2,1-2H3/t9-/m0/s1. The highest BCUT2D eigenvalue weighted by atomic mass is 16.3. The van der Waals surface area contributed by atoms with Gasteiger partial charge in [0.15, 0.2) is 0 Å². The number of aliphatic hydroxyl groups excluding tert-OH is 1. The van der Waals surface area contributed by atoms with Gasteiger partial charge in [-0.3, -0.25) is 4.57 Å². The van der Waals surface area contributed by atoms with E-state index >= 15 is 0 Å². The molecular weight excluding hydrogens is 202 g/mol. The summed E-state index contributed by atoms with van der Waals surface area (Å²) in [5, 5.41) is 9.39. The van der Waals surface area contributed by atoms with Crippen LogP contribution in [0.2, 0.25) is 0 Å². The van der Waals surface area contributed by atoms with Crippen molar-refractivity contribution in [3.8, 4) is 5.82 Å². The van der Waals surface area contributed by atoms with Gasteiger partial charge in [-0.05, 0) is 18.6 Å². The zero-order chi connectivity index (χ0) is 11.5. The van der Waals surface area contributed by atoms with Crippen LogP contribution in [-0.2, 0) is 6.42 Å². The molecular formula is C12H15N3O. The highest BCUT2D eigenvalue weighted by molar-refractivity contribution is 5.28. The SMILES string of the molecule is CCc1nccn1-c1ccc([C@H](C)O)cn1. The van der Waals surface area contributed by atoms with E-state index in [4.69, 9.17) is 0 Å². The summed E-state index contributed by atoms with van der Waals surface area (Å²) in [6.07, 6.45) is 5.74. The number of nitrogens with zero attached hydrogens (tertiary/aromatic N) is 3. The van der Waals surface area contributed by atoms with E-state index in [1.54, 1.807) is 19.3 Å². The van der Waals surface area contributed by atoms with Gasteiger partial charge in [-0.25, -0.2) is 9.97 Å². The summed E-state index contributed by atoms with van der Waals surface area (Å²) >= 11 is 0. The van der Waals surface area contributed by atoms with Gasteiger partial charge in [-0.1, -0.05) is 13.0 Å². The Labute approximate surface area is 94.6 Å². The van der Waals surface area contributed by atoms with Gasteiger partial charge in [-0.2, -0.15) is 0 Å². The molecule has 0 unspecified atom stereocenters. The smallest absolute Gasteiger partial charge is 0.138 e. The molecule has 0 fully saturated rings. The Morgan fingerprint density at radius 3 is 2.75 bits per heavy atom. The van der Waals surface area contributed by atoms with Crippen LogP contribution >= 0.6 is 0 Å². The van der Waals surface area contributed by atoms with E-state index in [0.717, 1.165) is 23.6 Å². The summed E-state index contributed by atoms with van der Waals surface area (Å²) in [7, 11) is 0. The van der Waals surface area contributed by atoms with Gasteiger partial charge in [0.2, 0.25) is 0 Å². The largest absolute Gasteiger partial charge is 0.389 e. The molecule has 4 nitrogen and oxygen atoms in total. The third-order valence-electron chi connectivity index (χ3n) is 2.53. The Balaban J connectivity index is 2.35. The molecule has 1 N–H and O–H groups in total. The molecule has 0 aliphatic heterocycles. The van der Waals surface area contributed by atoms with Crippen molar-refractivity contribution in [2.45, 2.75) is 26.4 Å². The molecule has 2 aromatic heterocycles. The van der Waals surface area contributed by atoms with E-state index in [0.29, 0.717) is 0 Å². The molecule has 0 radical (unpaired) electrons. The third-order valence-corrected chi connectivity index (χ3v) is 2.53. The number of aryl methyl sites for hydroxylation is 1. The van der Waals surface area contributed by atoms with Crippen molar-refractivity contribution >= 4 is 0 Å². The first-order valence-electron chi connectivity index (χ1n) is 5.39. The van der Waals surface area contributed by atoms with Gasteiger partial charge in [0, 0.05) is 25.0 Å². The predicted octanol–water partition coefficient (Wildman–Crippen LogP) is 1.88. The van der Waals surface area contributed by atoms with Crippen LogP contribution in [0.25, 0.3) is 5.82 Å². The van der Waals surface area contributed by atoms with Crippen molar-refractivity contribution < 1.29 is 5.11 Å². The lowest BCUT2D eigenvalue weighted by Gasteiger charge is -2.07. The molecule has 0 aliphatic carbocycles. The van der Waals surface area contributed by atoms with Crippen LogP contribution < -0.4 is 0 Å². The summed E-state index contributed by atoms with van der Waals surface area (Å²) in [5.41, 5.74) is 0.821. The zero-order valence-electron chi connectivity index (χ0n) is 9.46. The van der Waals surface area contributed by atoms with Crippen LogP contribution in [-0.4, -0.2) is 19.6 Å². The van der Waals surface area contributed by atoms with E-state index in [1.165, 1.54) is 0 Å². The Morgan fingerprint density at radius 1 is 1.38 bits per heavy atom. The van der Waals surface area contributed by atoms with Crippen molar-refractivity contribution in [3.05, 3.63) is 42.1 Å². The van der Waals surface area contributed by atoms with Crippen molar-refractivity contribution in [3.63, 3.8) is 0 Å². The monoisotopic (exact) mass is 217 g/mol. The quantitative estimate of drug-likeness (QED) is 0.854. The molecule has 4 heteroatoms. The van der Waals surface area contributed by atoms with Crippen molar-refractivity contribution in [2.24, 2.45) is 0 Å². The van der Waals surface area contributed by atoms with Crippen molar-refractivity contribution in [1.82, 2.24) is 14.5 Å². The molecule has 0 aromatic carbocycles. The van der Waals surface area contributed by atoms with E-state index in [2.05, 4.69) is 16.9 Å². The minimum Gasteiger partial charge on any atom is -0.389 e. The van der Waals surface area contributed by atoms with E-state index < -0.39 is 6.10 Å². The van der Waals surface area contributed by atoms with Gasteiger partial charge in [-0.15, -0.1) is 0 Å². The number of imidazole rings is 1. The molecule has 0 amide bonds. The molecule has 2 aromatic rings. The average Bonchev–Trinajstić information content (AvgIpc) is 2.77. The topological polar surface area (TPSA) is 50.9 Å². The van der Waals surface area contributed by atoms with E-state index in [-0.39, 0.29) is 0 Å². The Bertz CT molecular complexity index is 459. The zero-order valence-corrected chi connectivity index (χ0v) is 9.46. The fourth-order valence-corrected chi connectivity index (χ4v) is 1.59. The van der Waals surface area contributed by atoms with Crippen molar-refractivity contribution in [2.75, 3.05) is 0 Å². The van der Waals surface area contributed by atoms with Gasteiger partial charge in [0.1, 0.15) is 11.6 Å². The maximum absolute atomic E-state index is 9.39. The predicted molar refractivity (Wildman–Crippen MR) is 61.4 cm³/mol. The second-order valence-corrected chi connectivity index (χ2v) is 3.69. The number of rotatable bonds is 3. The maximum Gasteiger partial charge on any atom is 0.138 e. The summed E-state index contributed by atoms with van der Waals surface area (Å²) in [6, 6.07) is 3.77. The van der Waals surface area contributed by atoms with Crippen LogP contribution in [0, 0.1) is 0 Å². The highest BCUT2D eigenvalue weighted by Crippen LogP contribution is 2.13. The number of pyridine rings is 1. The highest BCUT2D eigenvalue weighted by Gasteiger charge is 2.05. The first-order chi connectivity index (χ1) is 7.72. The minimum absolute atomic E-state index is 0.477. The fourth-order valence-electron chi connectivity index (χ4n) is 1.59. The molecule has 0 aliphatic rings. The Kier molecular flexibility index (Phi) is 3.01. The van der Waals surface area contributed by atoms with Crippen LogP contribution in [0.5, 0.6) is 0 Å². The van der Waals surface area contributed by atoms with Crippen molar-refractivity contribution in [1.29, 1.82) is 0 Å². The molecule has 2 rings (SSSR count). The van der Waals surface area contributed by atoms with Crippen LogP contribution in [0.4, 0.5) is 0 Å². The van der Waals surface area contributed by atoms with Gasteiger partial charge < -0.3 is 5.11 Å². The second kappa shape index (κ2) is 4.45. The lowest BCUT2D eigenvalue weighted by molar-refractivity contribution is 0.199. The number of hydrogen-bond acceptors (Lipinski definition) is 3. The number of hydrogen-bond donors (Lipinski definition) is 1. The maximum atomic E-state index is 9.39. The van der Waals surface area contributed by atoms with E-state index in [1.807, 2.05) is 22.9 Å². The molecule has 84 valence electrons. The van der Waals surface area contributed by atoms with Crippen LogP contribution in [0.1, 0.15) is 31.3 Å². The Morgan fingerprint density at radius 2 is 2.19 bits per heavy atom. The van der Waals surface area contributed by atoms with Crippen LogP contribution in [0.15, 0.2) is 30.7 Å². The second-order valence-electron chi connectivity index (χ2n) is 3.69. The molecule has 2 heterocycles. The summed E-state index contributed by atoms with van der Waals surface area (Å²) in [4.78, 5) is 8.56. The molecule has 16 heavy (non-hydrogen) atoms. The summed E-state index contributed by atoms with van der Waals surface area (Å²) in [6.45, 7) is 3.79. The van der Waals surface area contributed by atoms with Gasteiger partial charge in [0.25, 0.3) is 0 Å². The molecule has 0 bridgehead atoms. The molecule has 1 atom stereocenters. The normalized spacial score (nSPS) is 12.7. The lowest BCUT2D eigenvalue weighted by Crippen LogP contribution is -2.02. The lowest BCUT2D eigenvalue weighted by atomic mass is 10.2. The number of aliphatic hydroxyl groups is 1. The first-order valence-corrected chi connectivity index (χ1v) is 5.39.